The molecule has 0 aliphatic carbocycles. The number of alkyl halides is 3. The Kier molecular flexibility index (Phi) is 5.82. The number of urea groups is 1. The molecule has 2 aromatic carbocycles. The molecule has 8 nitrogen and oxygen atoms in total. The first-order valence-corrected chi connectivity index (χ1v) is 10.3. The van der Waals surface area contributed by atoms with Crippen LogP contribution in [0.1, 0.15) is 21.6 Å². The van der Waals surface area contributed by atoms with E-state index in [1.165, 1.54) is 47.3 Å². The highest BCUT2D eigenvalue weighted by molar-refractivity contribution is 6.34. The smallest absolute Gasteiger partial charge is 0.349 e. The number of aryl methyl sites for hydroxylation is 1. The van der Waals surface area contributed by atoms with Gasteiger partial charge in [0, 0.05) is 29.4 Å². The Hall–Kier alpha value is -3.86. The van der Waals surface area contributed by atoms with Crippen molar-refractivity contribution >= 4 is 29.4 Å². The van der Waals surface area contributed by atoms with Crippen LogP contribution in [0, 0.1) is 0 Å². The molecular weight excluding hydrogens is 475 g/mol. The van der Waals surface area contributed by atoms with Gasteiger partial charge in [-0.15, -0.1) is 0 Å². The van der Waals surface area contributed by atoms with Gasteiger partial charge in [0.25, 0.3) is 11.8 Å². The second-order valence-corrected chi connectivity index (χ2v) is 7.98. The lowest BCUT2D eigenvalue weighted by atomic mass is 9.94. The zero-order valence-electron chi connectivity index (χ0n) is 17.5. The molecule has 0 bridgehead atoms. The van der Waals surface area contributed by atoms with E-state index in [2.05, 4.69) is 21.0 Å². The molecule has 3 N–H and O–H groups in total. The first kappa shape index (κ1) is 23.3. The van der Waals surface area contributed by atoms with Crippen molar-refractivity contribution in [2.45, 2.75) is 11.7 Å². The summed E-state index contributed by atoms with van der Waals surface area (Å²) in [5.41, 5.74) is -1.50. The third kappa shape index (κ3) is 4.10. The van der Waals surface area contributed by atoms with Gasteiger partial charge in [-0.2, -0.15) is 18.3 Å². The highest BCUT2D eigenvalue weighted by atomic mass is 35.5. The van der Waals surface area contributed by atoms with Crippen LogP contribution < -0.4 is 16.0 Å². The molecule has 34 heavy (non-hydrogen) atoms. The van der Waals surface area contributed by atoms with Crippen LogP contribution in [0.25, 0.3) is 11.1 Å². The van der Waals surface area contributed by atoms with Gasteiger partial charge in [0.1, 0.15) is 0 Å². The Morgan fingerprint density at radius 3 is 2.41 bits per heavy atom. The third-order valence-corrected chi connectivity index (χ3v) is 5.79. The van der Waals surface area contributed by atoms with E-state index in [1.54, 1.807) is 7.05 Å². The Balaban J connectivity index is 1.66. The van der Waals surface area contributed by atoms with Crippen LogP contribution >= 0.6 is 11.6 Å². The Labute approximate surface area is 196 Å². The second-order valence-electron chi connectivity index (χ2n) is 7.57. The summed E-state index contributed by atoms with van der Waals surface area (Å²) >= 11 is 6.30. The number of rotatable bonds is 5. The maximum Gasteiger partial charge on any atom is 0.416 e. The maximum atomic E-state index is 13.1. The number of nitrogens with one attached hydrogen (secondary N) is 3. The van der Waals surface area contributed by atoms with Gasteiger partial charge in [0.2, 0.25) is 0 Å². The van der Waals surface area contributed by atoms with Crippen LogP contribution in [0.3, 0.4) is 0 Å². The first-order chi connectivity index (χ1) is 16.0. The molecule has 12 heteroatoms. The van der Waals surface area contributed by atoms with E-state index in [1.807, 2.05) is 0 Å². The molecule has 1 aromatic heterocycles. The fourth-order valence-electron chi connectivity index (χ4n) is 3.82. The zero-order chi connectivity index (χ0) is 24.7. The lowest BCUT2D eigenvalue weighted by Gasteiger charge is -2.26. The number of halogens is 4. The van der Waals surface area contributed by atoms with Crippen molar-refractivity contribution in [2.75, 3.05) is 6.54 Å². The predicted octanol–water partition coefficient (Wildman–Crippen LogP) is 3.22. The SMILES string of the molecule is Cn1nccc1[C@]1(CNC(=O)c2cccc(Cl)c2-c2ccc(C(F)(F)F)cc2)NC(=O)NC1=O. The number of amides is 4. The van der Waals surface area contributed by atoms with Crippen molar-refractivity contribution in [1.82, 2.24) is 25.7 Å². The van der Waals surface area contributed by atoms with Crippen molar-refractivity contribution in [3.8, 4) is 11.1 Å². The maximum absolute atomic E-state index is 13.1. The Morgan fingerprint density at radius 1 is 1.15 bits per heavy atom. The van der Waals surface area contributed by atoms with Gasteiger partial charge in [-0.3, -0.25) is 19.6 Å². The van der Waals surface area contributed by atoms with Gasteiger partial charge in [-0.05, 0) is 35.9 Å². The molecule has 1 atom stereocenters. The monoisotopic (exact) mass is 491 g/mol. The van der Waals surface area contributed by atoms with Gasteiger partial charge >= 0.3 is 12.2 Å². The number of imide groups is 1. The molecule has 1 aliphatic heterocycles. The van der Waals surface area contributed by atoms with Gasteiger partial charge in [0.15, 0.2) is 5.54 Å². The van der Waals surface area contributed by atoms with E-state index in [9.17, 15) is 27.6 Å². The van der Waals surface area contributed by atoms with E-state index in [4.69, 9.17) is 11.6 Å². The Bertz CT molecular complexity index is 1290. The fourth-order valence-corrected chi connectivity index (χ4v) is 4.10. The number of hydrogen-bond acceptors (Lipinski definition) is 4. The number of carbonyl (C=O) groups is 3. The van der Waals surface area contributed by atoms with Crippen molar-refractivity contribution in [2.24, 2.45) is 7.05 Å². The largest absolute Gasteiger partial charge is 0.416 e. The van der Waals surface area contributed by atoms with Crippen LogP contribution in [0.4, 0.5) is 18.0 Å². The number of aromatic nitrogens is 2. The first-order valence-electron chi connectivity index (χ1n) is 9.89. The normalized spacial score (nSPS) is 17.9. The van der Waals surface area contributed by atoms with E-state index in [0.29, 0.717) is 11.3 Å². The second kappa shape index (κ2) is 8.49. The quantitative estimate of drug-likeness (QED) is 0.477. The molecule has 4 amide bonds. The molecule has 0 saturated carbocycles. The summed E-state index contributed by atoms with van der Waals surface area (Å²) < 4.78 is 40.2. The van der Waals surface area contributed by atoms with Gasteiger partial charge in [-0.25, -0.2) is 4.79 Å². The summed E-state index contributed by atoms with van der Waals surface area (Å²) in [6.45, 7) is -0.318. The highest BCUT2D eigenvalue weighted by Gasteiger charge is 2.50. The zero-order valence-corrected chi connectivity index (χ0v) is 18.3. The van der Waals surface area contributed by atoms with Gasteiger partial charge < -0.3 is 10.6 Å². The van der Waals surface area contributed by atoms with E-state index >= 15 is 0 Å². The minimum absolute atomic E-state index is 0.0807. The molecule has 1 saturated heterocycles. The minimum atomic E-state index is -4.51. The predicted molar refractivity (Wildman–Crippen MR) is 116 cm³/mol. The van der Waals surface area contributed by atoms with Crippen molar-refractivity contribution in [3.05, 3.63) is 76.6 Å². The molecule has 0 unspecified atom stereocenters. The minimum Gasteiger partial charge on any atom is -0.349 e. The summed E-state index contributed by atoms with van der Waals surface area (Å²) in [5, 5.41) is 11.5. The summed E-state index contributed by atoms with van der Waals surface area (Å²) in [4.78, 5) is 37.7. The molecule has 1 fully saturated rings. The van der Waals surface area contributed by atoms with E-state index in [-0.39, 0.29) is 22.7 Å². The summed E-state index contributed by atoms with van der Waals surface area (Å²) in [6, 6.07) is 9.53. The molecule has 0 spiro atoms. The Morgan fingerprint density at radius 2 is 1.85 bits per heavy atom. The van der Waals surface area contributed by atoms with E-state index < -0.39 is 35.1 Å². The summed E-state index contributed by atoms with van der Waals surface area (Å²) in [7, 11) is 1.58. The van der Waals surface area contributed by atoms with E-state index in [0.717, 1.165) is 12.1 Å². The molecule has 176 valence electrons. The van der Waals surface area contributed by atoms with Crippen LogP contribution in [0.2, 0.25) is 5.02 Å². The molecule has 2 heterocycles. The third-order valence-electron chi connectivity index (χ3n) is 5.47. The van der Waals surface area contributed by atoms with Crippen LogP contribution in [-0.4, -0.2) is 34.2 Å². The standard InChI is InChI=1S/C22H17ClF3N5O3/c1-31-16(9-10-28-31)21(19(33)29-20(34)30-21)11-27-18(32)14-3-2-4-15(23)17(14)12-5-7-13(8-6-12)22(24,25)26/h2-10H,11H2,1H3,(H,27,32)(H2,29,30,33,34)/t21-/m0/s1. The van der Waals surface area contributed by atoms with Crippen LogP contribution in [0.15, 0.2) is 54.7 Å². The lowest BCUT2D eigenvalue weighted by Crippen LogP contribution is -2.53. The number of carbonyl (C=O) groups excluding carboxylic acids is 3. The molecule has 0 radical (unpaired) electrons. The molecule has 3 aromatic rings. The van der Waals surface area contributed by atoms with Crippen molar-refractivity contribution in [3.63, 3.8) is 0 Å². The average molecular weight is 492 g/mol. The number of nitrogens with zero attached hydrogens (tertiary/aromatic N) is 2. The molecular formula is C22H17ClF3N5O3. The van der Waals surface area contributed by atoms with Crippen molar-refractivity contribution < 1.29 is 27.6 Å². The topological polar surface area (TPSA) is 105 Å². The number of hydrogen-bond donors (Lipinski definition) is 3. The average Bonchev–Trinajstić information content (AvgIpc) is 3.33. The van der Waals surface area contributed by atoms with Gasteiger partial charge in [0.05, 0.1) is 17.8 Å². The number of benzene rings is 2. The lowest BCUT2D eigenvalue weighted by molar-refractivity contribution is -0.137. The van der Waals surface area contributed by atoms with Gasteiger partial charge in [-0.1, -0.05) is 29.8 Å². The molecule has 4 rings (SSSR count). The van der Waals surface area contributed by atoms with Crippen molar-refractivity contribution in [1.29, 1.82) is 0 Å². The fraction of sp³-hybridized carbons (Fsp3) is 0.182. The van der Waals surface area contributed by atoms with Crippen LogP contribution in [-0.2, 0) is 23.6 Å². The summed E-state index contributed by atoms with van der Waals surface area (Å²) in [5.74, 6) is -1.32. The van der Waals surface area contributed by atoms with Crippen LogP contribution in [0.5, 0.6) is 0 Å². The molecule has 1 aliphatic rings. The summed E-state index contributed by atoms with van der Waals surface area (Å²) in [6.07, 6.45) is -3.07. The highest BCUT2D eigenvalue weighted by Crippen LogP contribution is 2.35.